The Morgan fingerprint density at radius 3 is 2.67 bits per heavy atom. The molecular weight excluding hydrogens is 397 g/mol. The van der Waals surface area contributed by atoms with Crippen molar-refractivity contribution in [1.82, 2.24) is 19.5 Å². The molecule has 0 amide bonds. The van der Waals surface area contributed by atoms with Gasteiger partial charge in [-0.1, -0.05) is 12.1 Å². The van der Waals surface area contributed by atoms with Gasteiger partial charge in [0.15, 0.2) is 17.1 Å². The Labute approximate surface area is 172 Å². The van der Waals surface area contributed by atoms with E-state index < -0.39 is 11.9 Å². The van der Waals surface area contributed by atoms with E-state index >= 15 is 0 Å². The van der Waals surface area contributed by atoms with E-state index in [0.717, 1.165) is 35.5 Å². The minimum atomic E-state index is -4.50. The van der Waals surface area contributed by atoms with Crippen LogP contribution < -0.4 is 9.47 Å². The number of aromatic nitrogens is 3. The van der Waals surface area contributed by atoms with E-state index in [1.165, 1.54) is 0 Å². The lowest BCUT2D eigenvalue weighted by molar-refractivity contribution is -0.142. The van der Waals surface area contributed by atoms with E-state index in [2.05, 4.69) is 15.0 Å². The highest BCUT2D eigenvalue weighted by atomic mass is 19.4. The first-order chi connectivity index (χ1) is 14.3. The van der Waals surface area contributed by atoms with Gasteiger partial charge in [0, 0.05) is 23.9 Å². The van der Waals surface area contributed by atoms with Gasteiger partial charge in [-0.05, 0) is 38.4 Å². The number of aryl methyl sites for hydroxylation is 1. The molecule has 3 heterocycles. The van der Waals surface area contributed by atoms with Gasteiger partial charge in [0.1, 0.15) is 5.69 Å². The number of benzene rings is 1. The first-order valence-corrected chi connectivity index (χ1v) is 9.70. The summed E-state index contributed by atoms with van der Waals surface area (Å²) in [7, 11) is 3.18. The molecule has 0 radical (unpaired) electrons. The fourth-order valence-electron chi connectivity index (χ4n) is 4.13. The van der Waals surface area contributed by atoms with Crippen LogP contribution in [0.4, 0.5) is 13.2 Å². The first kappa shape index (κ1) is 20.5. The third-order valence-corrected chi connectivity index (χ3v) is 5.43. The molecular formula is C21H23F3N4O2. The van der Waals surface area contributed by atoms with Crippen LogP contribution in [0.3, 0.4) is 0 Å². The minimum absolute atomic E-state index is 0.0935. The number of nitrogens with zero attached hydrogens (tertiary/aromatic N) is 4. The zero-order valence-corrected chi connectivity index (χ0v) is 17.0. The SMILES string of the molecule is COc1cccc(CN2CCCC2c2cc3nc(C)cc(C(F)(F)F)n3n2)c1OC. The molecule has 0 bridgehead atoms. The first-order valence-electron chi connectivity index (χ1n) is 9.70. The number of hydrogen-bond donors (Lipinski definition) is 0. The molecule has 0 saturated carbocycles. The average molecular weight is 420 g/mol. The molecule has 0 N–H and O–H groups in total. The predicted octanol–water partition coefficient (Wildman–Crippen LogP) is 4.41. The summed E-state index contributed by atoms with van der Waals surface area (Å²) in [6.45, 7) is 2.95. The van der Waals surface area contributed by atoms with Gasteiger partial charge in [-0.3, -0.25) is 4.90 Å². The van der Waals surface area contributed by atoms with Crippen molar-refractivity contribution in [3.63, 3.8) is 0 Å². The second kappa shape index (κ2) is 7.79. The van der Waals surface area contributed by atoms with Crippen LogP contribution in [0.2, 0.25) is 0 Å². The number of rotatable bonds is 5. The number of likely N-dealkylation sites (tertiary alicyclic amines) is 1. The number of alkyl halides is 3. The number of para-hydroxylation sites is 1. The molecule has 1 aromatic carbocycles. The maximum atomic E-state index is 13.5. The molecule has 6 nitrogen and oxygen atoms in total. The van der Waals surface area contributed by atoms with Gasteiger partial charge in [-0.25, -0.2) is 9.50 Å². The fraction of sp³-hybridized carbons (Fsp3) is 0.429. The van der Waals surface area contributed by atoms with Crippen molar-refractivity contribution in [2.75, 3.05) is 20.8 Å². The summed E-state index contributed by atoms with van der Waals surface area (Å²) in [6.07, 6.45) is -2.75. The van der Waals surface area contributed by atoms with Gasteiger partial charge >= 0.3 is 6.18 Å². The zero-order valence-electron chi connectivity index (χ0n) is 17.0. The van der Waals surface area contributed by atoms with Crippen molar-refractivity contribution in [2.24, 2.45) is 0 Å². The lowest BCUT2D eigenvalue weighted by atomic mass is 10.1. The monoisotopic (exact) mass is 420 g/mol. The zero-order chi connectivity index (χ0) is 21.5. The number of ether oxygens (including phenoxy) is 2. The van der Waals surface area contributed by atoms with Crippen molar-refractivity contribution in [3.8, 4) is 11.5 Å². The molecule has 2 aromatic heterocycles. The predicted molar refractivity (Wildman–Crippen MR) is 105 cm³/mol. The van der Waals surface area contributed by atoms with E-state index in [1.807, 2.05) is 18.2 Å². The third-order valence-electron chi connectivity index (χ3n) is 5.43. The van der Waals surface area contributed by atoms with Crippen LogP contribution in [0, 0.1) is 6.92 Å². The van der Waals surface area contributed by atoms with Gasteiger partial charge in [0.05, 0.1) is 26.0 Å². The van der Waals surface area contributed by atoms with E-state index in [0.29, 0.717) is 29.4 Å². The van der Waals surface area contributed by atoms with E-state index in [9.17, 15) is 13.2 Å². The minimum Gasteiger partial charge on any atom is -0.493 e. The molecule has 1 aliphatic rings. The number of halogens is 3. The molecule has 1 aliphatic heterocycles. The molecule has 30 heavy (non-hydrogen) atoms. The van der Waals surface area contributed by atoms with E-state index in [1.54, 1.807) is 27.2 Å². The van der Waals surface area contributed by atoms with Crippen LogP contribution >= 0.6 is 0 Å². The van der Waals surface area contributed by atoms with Crippen LogP contribution in [0.5, 0.6) is 11.5 Å². The molecule has 1 saturated heterocycles. The molecule has 160 valence electrons. The molecule has 1 atom stereocenters. The maximum Gasteiger partial charge on any atom is 0.433 e. The van der Waals surface area contributed by atoms with Gasteiger partial charge in [0.25, 0.3) is 0 Å². The molecule has 9 heteroatoms. The van der Waals surface area contributed by atoms with Crippen LogP contribution in [0.25, 0.3) is 5.65 Å². The second-order valence-electron chi connectivity index (χ2n) is 7.40. The number of fused-ring (bicyclic) bond motifs is 1. The van der Waals surface area contributed by atoms with Crippen LogP contribution in [-0.4, -0.2) is 40.3 Å². The summed E-state index contributed by atoms with van der Waals surface area (Å²) < 4.78 is 52.2. The summed E-state index contributed by atoms with van der Waals surface area (Å²) in [6, 6.07) is 8.29. The highest BCUT2D eigenvalue weighted by Crippen LogP contribution is 2.38. The highest BCUT2D eigenvalue weighted by Gasteiger charge is 2.36. The normalized spacial score (nSPS) is 17.6. The Hall–Kier alpha value is -2.81. The summed E-state index contributed by atoms with van der Waals surface area (Å²) in [5.41, 5.74) is 1.26. The summed E-state index contributed by atoms with van der Waals surface area (Å²) in [4.78, 5) is 6.45. The van der Waals surface area contributed by atoms with Crippen molar-refractivity contribution < 1.29 is 22.6 Å². The second-order valence-corrected chi connectivity index (χ2v) is 7.40. The fourth-order valence-corrected chi connectivity index (χ4v) is 4.13. The highest BCUT2D eigenvalue weighted by molar-refractivity contribution is 5.47. The molecule has 0 aliphatic carbocycles. The Bertz CT molecular complexity index is 1060. The van der Waals surface area contributed by atoms with E-state index in [4.69, 9.17) is 9.47 Å². The van der Waals surface area contributed by atoms with Crippen LogP contribution in [-0.2, 0) is 12.7 Å². The molecule has 1 unspecified atom stereocenters. The molecule has 1 fully saturated rings. The van der Waals surface area contributed by atoms with Crippen molar-refractivity contribution in [3.05, 3.63) is 53.0 Å². The van der Waals surface area contributed by atoms with Crippen molar-refractivity contribution in [2.45, 2.75) is 38.5 Å². The average Bonchev–Trinajstić information content (AvgIpc) is 3.32. The van der Waals surface area contributed by atoms with Gasteiger partial charge < -0.3 is 9.47 Å². The Morgan fingerprint density at radius 2 is 1.97 bits per heavy atom. The number of methoxy groups -OCH3 is 2. The lowest BCUT2D eigenvalue weighted by Gasteiger charge is -2.24. The topological polar surface area (TPSA) is 51.9 Å². The van der Waals surface area contributed by atoms with Crippen LogP contribution in [0.15, 0.2) is 30.3 Å². The Balaban J connectivity index is 1.69. The van der Waals surface area contributed by atoms with Crippen molar-refractivity contribution >= 4 is 5.65 Å². The van der Waals surface area contributed by atoms with Crippen molar-refractivity contribution in [1.29, 1.82) is 0 Å². The van der Waals surface area contributed by atoms with E-state index in [-0.39, 0.29) is 11.7 Å². The maximum absolute atomic E-state index is 13.5. The number of hydrogen-bond acceptors (Lipinski definition) is 5. The Kier molecular flexibility index (Phi) is 5.31. The summed E-state index contributed by atoms with van der Waals surface area (Å²) >= 11 is 0. The largest absolute Gasteiger partial charge is 0.493 e. The quantitative estimate of drug-likeness (QED) is 0.612. The van der Waals surface area contributed by atoms with Gasteiger partial charge in [0.2, 0.25) is 0 Å². The van der Waals surface area contributed by atoms with Gasteiger partial charge in [-0.2, -0.15) is 18.3 Å². The summed E-state index contributed by atoms with van der Waals surface area (Å²) in [5, 5.41) is 4.31. The molecule has 4 rings (SSSR count). The standard InChI is InChI=1S/C21H23F3N4O2/c1-13-10-18(21(22,23)24)28-19(25-13)11-15(26-28)16-7-5-9-27(16)12-14-6-4-8-17(29-2)20(14)30-3/h4,6,8,10-11,16H,5,7,9,12H2,1-3H3. The van der Waals surface area contributed by atoms with Crippen LogP contribution in [0.1, 0.15) is 41.5 Å². The molecule has 3 aromatic rings. The smallest absolute Gasteiger partial charge is 0.433 e. The lowest BCUT2D eigenvalue weighted by Crippen LogP contribution is -2.23. The summed E-state index contributed by atoms with van der Waals surface area (Å²) in [5.74, 6) is 1.31. The third kappa shape index (κ3) is 3.69. The Morgan fingerprint density at radius 1 is 1.17 bits per heavy atom. The van der Waals surface area contributed by atoms with Gasteiger partial charge in [-0.15, -0.1) is 0 Å². The molecule has 0 spiro atoms.